The monoisotopic (exact) mass is 499 g/mol. The van der Waals surface area contributed by atoms with Gasteiger partial charge in [0.05, 0.1) is 11.1 Å². The molecule has 1 aliphatic carbocycles. The van der Waals surface area contributed by atoms with Crippen LogP contribution in [0.25, 0.3) is 0 Å². The quantitative estimate of drug-likeness (QED) is 0.444. The molecule has 0 unspecified atom stereocenters. The average molecular weight is 499 g/mol. The number of hydrogen-bond donors (Lipinski definition) is 3. The minimum absolute atomic E-state index is 0.156. The number of halogens is 1. The molecular formula is C18H18IN3O2S2. The molecular weight excluding hydrogens is 481 g/mol. The highest BCUT2D eigenvalue weighted by Gasteiger charge is 2.27. The van der Waals surface area contributed by atoms with Crippen molar-refractivity contribution < 1.29 is 9.59 Å². The standard InChI is InChI=1S/C18H18IN3O2S2/c1-9-6-7-11-13(8-9)26-17(14(11)15(20)23)22-18(25)21-16(24)10-4-2-3-5-12(10)19/h2-5,9H,6-8H2,1H3,(H2,20,23)(H2,21,22,24,25)/t9-/m1/s1. The van der Waals surface area contributed by atoms with Crippen LogP contribution in [0.5, 0.6) is 0 Å². The van der Waals surface area contributed by atoms with Crippen molar-refractivity contribution in [1.82, 2.24) is 5.32 Å². The first-order chi connectivity index (χ1) is 12.4. The number of benzene rings is 1. The van der Waals surface area contributed by atoms with Gasteiger partial charge in [0.1, 0.15) is 5.00 Å². The fourth-order valence-electron chi connectivity index (χ4n) is 3.05. The minimum Gasteiger partial charge on any atom is -0.365 e. The second-order valence-corrected chi connectivity index (χ2v) is 8.98. The Morgan fingerprint density at radius 3 is 2.77 bits per heavy atom. The fraction of sp³-hybridized carbons (Fsp3) is 0.278. The van der Waals surface area contributed by atoms with E-state index in [-0.39, 0.29) is 11.0 Å². The summed E-state index contributed by atoms with van der Waals surface area (Å²) in [6, 6.07) is 7.25. The third-order valence-electron chi connectivity index (χ3n) is 4.33. The van der Waals surface area contributed by atoms with E-state index in [2.05, 4.69) is 40.1 Å². The Labute approximate surface area is 174 Å². The summed E-state index contributed by atoms with van der Waals surface area (Å²) in [6.07, 6.45) is 2.81. The maximum absolute atomic E-state index is 12.4. The Bertz CT molecular complexity index is 895. The van der Waals surface area contributed by atoms with Crippen molar-refractivity contribution in [3.63, 3.8) is 0 Å². The van der Waals surface area contributed by atoms with Crippen molar-refractivity contribution in [2.75, 3.05) is 5.32 Å². The van der Waals surface area contributed by atoms with Crippen LogP contribution in [0.2, 0.25) is 0 Å². The second kappa shape index (κ2) is 8.01. The average Bonchev–Trinajstić information content (AvgIpc) is 2.91. The van der Waals surface area contributed by atoms with Crippen molar-refractivity contribution in [3.8, 4) is 0 Å². The van der Waals surface area contributed by atoms with E-state index in [4.69, 9.17) is 18.0 Å². The predicted molar refractivity (Wildman–Crippen MR) is 117 cm³/mol. The number of anilines is 1. The van der Waals surface area contributed by atoms with Crippen LogP contribution in [0, 0.1) is 9.49 Å². The van der Waals surface area contributed by atoms with Crippen LogP contribution in [0.3, 0.4) is 0 Å². The van der Waals surface area contributed by atoms with Gasteiger partial charge in [0.25, 0.3) is 11.8 Å². The van der Waals surface area contributed by atoms with E-state index in [1.54, 1.807) is 12.1 Å². The van der Waals surface area contributed by atoms with Gasteiger partial charge in [-0.1, -0.05) is 19.1 Å². The summed E-state index contributed by atoms with van der Waals surface area (Å²) in [5, 5.41) is 6.44. The zero-order valence-corrected chi connectivity index (χ0v) is 17.9. The van der Waals surface area contributed by atoms with Crippen LogP contribution >= 0.6 is 46.1 Å². The number of fused-ring (bicyclic) bond motifs is 1. The molecule has 26 heavy (non-hydrogen) atoms. The number of thiophene rings is 1. The summed E-state index contributed by atoms with van der Waals surface area (Å²) >= 11 is 8.87. The van der Waals surface area contributed by atoms with Gasteiger partial charge in [0.2, 0.25) is 0 Å². The van der Waals surface area contributed by atoms with Gasteiger partial charge in [-0.2, -0.15) is 0 Å². The van der Waals surface area contributed by atoms with Gasteiger partial charge in [-0.25, -0.2) is 0 Å². The zero-order chi connectivity index (χ0) is 18.8. The molecule has 1 aromatic carbocycles. The van der Waals surface area contributed by atoms with Gasteiger partial charge >= 0.3 is 0 Å². The highest BCUT2D eigenvalue weighted by atomic mass is 127. The zero-order valence-electron chi connectivity index (χ0n) is 14.1. The molecule has 0 saturated heterocycles. The van der Waals surface area contributed by atoms with Crippen LogP contribution in [0.15, 0.2) is 24.3 Å². The molecule has 0 saturated carbocycles. The van der Waals surface area contributed by atoms with E-state index in [1.807, 2.05) is 12.1 Å². The lowest BCUT2D eigenvalue weighted by atomic mass is 9.88. The summed E-state index contributed by atoms with van der Waals surface area (Å²) in [5.74, 6) is -0.170. The summed E-state index contributed by atoms with van der Waals surface area (Å²) < 4.78 is 0.837. The van der Waals surface area contributed by atoms with Crippen molar-refractivity contribution >= 4 is 68.1 Å². The largest absolute Gasteiger partial charge is 0.365 e. The lowest BCUT2D eigenvalue weighted by molar-refractivity contribution is 0.0974. The van der Waals surface area contributed by atoms with E-state index < -0.39 is 5.91 Å². The molecule has 2 aromatic rings. The van der Waals surface area contributed by atoms with Gasteiger partial charge in [-0.3, -0.25) is 14.9 Å². The molecule has 1 heterocycles. The number of amides is 2. The smallest absolute Gasteiger partial charge is 0.258 e. The summed E-state index contributed by atoms with van der Waals surface area (Å²) in [5.41, 5.74) is 7.68. The molecule has 0 bridgehead atoms. The van der Waals surface area contributed by atoms with Crippen LogP contribution < -0.4 is 16.4 Å². The molecule has 0 aliphatic heterocycles. The van der Waals surface area contributed by atoms with Crippen molar-refractivity contribution in [1.29, 1.82) is 0 Å². The highest BCUT2D eigenvalue weighted by molar-refractivity contribution is 14.1. The molecule has 4 N–H and O–H groups in total. The fourth-order valence-corrected chi connectivity index (χ4v) is 5.36. The maximum Gasteiger partial charge on any atom is 0.258 e. The third-order valence-corrected chi connectivity index (χ3v) is 6.65. The molecule has 8 heteroatoms. The number of carbonyl (C=O) groups is 2. The molecule has 0 spiro atoms. The molecule has 3 rings (SSSR count). The lowest BCUT2D eigenvalue weighted by Crippen LogP contribution is -2.34. The number of rotatable bonds is 3. The molecule has 2 amide bonds. The topological polar surface area (TPSA) is 84.2 Å². The minimum atomic E-state index is -0.466. The van der Waals surface area contributed by atoms with Gasteiger partial charge in [0.15, 0.2) is 5.11 Å². The van der Waals surface area contributed by atoms with Crippen LogP contribution in [0.1, 0.15) is 44.5 Å². The number of hydrogen-bond acceptors (Lipinski definition) is 4. The van der Waals surface area contributed by atoms with E-state index in [0.29, 0.717) is 22.0 Å². The first-order valence-electron chi connectivity index (χ1n) is 8.18. The van der Waals surface area contributed by atoms with Crippen LogP contribution in [-0.4, -0.2) is 16.9 Å². The summed E-state index contributed by atoms with van der Waals surface area (Å²) in [4.78, 5) is 25.5. The van der Waals surface area contributed by atoms with Crippen LogP contribution in [0.4, 0.5) is 5.00 Å². The summed E-state index contributed by atoms with van der Waals surface area (Å²) in [6.45, 7) is 2.20. The molecule has 0 fully saturated rings. The van der Waals surface area contributed by atoms with Gasteiger partial charge in [0, 0.05) is 8.45 Å². The number of nitrogens with two attached hydrogens (primary N) is 1. The number of carbonyl (C=O) groups excluding carboxylic acids is 2. The molecule has 0 radical (unpaired) electrons. The van der Waals surface area contributed by atoms with Crippen molar-refractivity contribution in [3.05, 3.63) is 49.4 Å². The van der Waals surface area contributed by atoms with Crippen LogP contribution in [-0.2, 0) is 12.8 Å². The van der Waals surface area contributed by atoms with Gasteiger partial charge < -0.3 is 11.1 Å². The molecule has 1 atom stereocenters. The predicted octanol–water partition coefficient (Wildman–Crippen LogP) is 3.70. The van der Waals surface area contributed by atoms with Crippen molar-refractivity contribution in [2.45, 2.75) is 26.2 Å². The molecule has 5 nitrogen and oxygen atoms in total. The molecule has 1 aliphatic rings. The van der Waals surface area contributed by atoms with E-state index in [1.165, 1.54) is 16.2 Å². The number of primary amides is 1. The Kier molecular flexibility index (Phi) is 5.93. The van der Waals surface area contributed by atoms with Gasteiger partial charge in [-0.05, 0) is 77.7 Å². The second-order valence-electron chi connectivity index (χ2n) is 6.31. The summed E-state index contributed by atoms with van der Waals surface area (Å²) in [7, 11) is 0. The molecule has 136 valence electrons. The number of nitrogens with one attached hydrogen (secondary N) is 2. The third kappa shape index (κ3) is 4.07. The van der Waals surface area contributed by atoms with E-state index in [9.17, 15) is 9.59 Å². The van der Waals surface area contributed by atoms with E-state index >= 15 is 0 Å². The first kappa shape index (κ1) is 19.2. The Morgan fingerprint density at radius 1 is 1.35 bits per heavy atom. The Hall–Kier alpha value is -1.52. The first-order valence-corrected chi connectivity index (χ1v) is 10.5. The SMILES string of the molecule is C[C@@H]1CCc2c(sc(NC(=S)NC(=O)c3ccccc3I)c2C(N)=O)C1. The normalized spacial score (nSPS) is 15.8. The molecule has 1 aromatic heterocycles. The lowest BCUT2D eigenvalue weighted by Gasteiger charge is -2.18. The maximum atomic E-state index is 12.4. The Balaban J connectivity index is 1.78. The Morgan fingerprint density at radius 2 is 2.08 bits per heavy atom. The van der Waals surface area contributed by atoms with Gasteiger partial charge in [-0.15, -0.1) is 11.3 Å². The highest BCUT2D eigenvalue weighted by Crippen LogP contribution is 2.39. The number of thiocarbonyl (C=S) groups is 1. The van der Waals surface area contributed by atoms with Crippen molar-refractivity contribution in [2.24, 2.45) is 11.7 Å². The van der Waals surface area contributed by atoms with E-state index in [0.717, 1.165) is 28.4 Å².